The molecule has 2 aromatic carbocycles. The summed E-state index contributed by atoms with van der Waals surface area (Å²) in [6.07, 6.45) is 3.17. The number of pyridine rings is 1. The molecule has 2 aromatic heterocycles. The molecule has 0 aliphatic heterocycles. The number of fused-ring (bicyclic) bond motifs is 1. The van der Waals surface area contributed by atoms with Crippen molar-refractivity contribution in [2.45, 2.75) is 12.8 Å². The zero-order chi connectivity index (χ0) is 20.9. The van der Waals surface area contributed by atoms with Crippen molar-refractivity contribution >= 4 is 23.1 Å². The first-order valence-corrected chi connectivity index (χ1v) is 9.72. The summed E-state index contributed by atoms with van der Waals surface area (Å²) in [4.78, 5) is 25.5. The third-order valence-corrected chi connectivity index (χ3v) is 4.81. The van der Waals surface area contributed by atoms with E-state index >= 15 is 0 Å². The van der Waals surface area contributed by atoms with Gasteiger partial charge in [0.05, 0.1) is 24.2 Å². The third-order valence-electron chi connectivity index (χ3n) is 4.81. The second-order valence-electron chi connectivity index (χ2n) is 6.77. The Morgan fingerprint density at radius 3 is 2.23 bits per heavy atom. The number of amides is 1. The highest BCUT2D eigenvalue weighted by molar-refractivity contribution is 6.00. The molecule has 1 amide bonds. The van der Waals surface area contributed by atoms with Gasteiger partial charge in [-0.2, -0.15) is 5.10 Å². The lowest BCUT2D eigenvalue weighted by molar-refractivity contribution is -0.116. The Hall–Kier alpha value is -3.93. The van der Waals surface area contributed by atoms with Crippen molar-refractivity contribution in [1.29, 1.82) is 0 Å². The van der Waals surface area contributed by atoms with Crippen LogP contribution in [0.4, 0.5) is 5.69 Å². The Morgan fingerprint density at radius 2 is 1.63 bits per heavy atom. The van der Waals surface area contributed by atoms with Gasteiger partial charge in [-0.3, -0.25) is 4.79 Å². The molecule has 0 aliphatic carbocycles. The molecule has 0 spiro atoms. The Bertz CT molecular complexity index is 1130. The van der Waals surface area contributed by atoms with Crippen molar-refractivity contribution in [1.82, 2.24) is 9.61 Å². The van der Waals surface area contributed by atoms with Crippen molar-refractivity contribution in [2.75, 3.05) is 11.9 Å². The summed E-state index contributed by atoms with van der Waals surface area (Å²) in [6, 6.07) is 22.8. The molecule has 6 heteroatoms. The normalized spacial score (nSPS) is 10.9. The second kappa shape index (κ2) is 8.61. The number of hydrogen-bond acceptors (Lipinski definition) is 4. The number of hydrogen-bond donors (Lipinski definition) is 1. The maximum Gasteiger partial charge on any atom is 0.341 e. The van der Waals surface area contributed by atoms with Crippen molar-refractivity contribution in [3.8, 4) is 0 Å². The van der Waals surface area contributed by atoms with E-state index in [1.165, 1.54) is 6.20 Å². The minimum absolute atomic E-state index is 0.158. The van der Waals surface area contributed by atoms with E-state index in [0.717, 1.165) is 11.1 Å². The quantitative estimate of drug-likeness (QED) is 0.491. The van der Waals surface area contributed by atoms with Gasteiger partial charge >= 0.3 is 5.97 Å². The third kappa shape index (κ3) is 3.93. The summed E-state index contributed by atoms with van der Waals surface area (Å²) in [5.74, 6) is -1.06. The van der Waals surface area contributed by atoms with Crippen LogP contribution in [-0.4, -0.2) is 28.1 Å². The molecule has 6 nitrogen and oxygen atoms in total. The van der Waals surface area contributed by atoms with Gasteiger partial charge in [-0.25, -0.2) is 9.31 Å². The van der Waals surface area contributed by atoms with Crippen LogP contribution >= 0.6 is 0 Å². The van der Waals surface area contributed by atoms with Gasteiger partial charge in [0.1, 0.15) is 5.56 Å². The number of anilines is 1. The number of nitrogens with zero attached hydrogens (tertiary/aromatic N) is 2. The van der Waals surface area contributed by atoms with E-state index in [1.54, 1.807) is 29.8 Å². The molecule has 30 heavy (non-hydrogen) atoms. The van der Waals surface area contributed by atoms with Crippen LogP contribution in [0.2, 0.25) is 0 Å². The van der Waals surface area contributed by atoms with Crippen LogP contribution in [0.1, 0.15) is 34.3 Å². The molecular formula is C24H21N3O3. The lowest BCUT2D eigenvalue weighted by Gasteiger charge is -2.18. The van der Waals surface area contributed by atoms with Gasteiger partial charge in [-0.15, -0.1) is 0 Å². The van der Waals surface area contributed by atoms with Crippen LogP contribution in [-0.2, 0) is 9.53 Å². The topological polar surface area (TPSA) is 72.7 Å². The zero-order valence-electron chi connectivity index (χ0n) is 16.5. The predicted molar refractivity (Wildman–Crippen MR) is 115 cm³/mol. The van der Waals surface area contributed by atoms with E-state index < -0.39 is 11.9 Å². The predicted octanol–water partition coefficient (Wildman–Crippen LogP) is 4.28. The van der Waals surface area contributed by atoms with E-state index in [0.29, 0.717) is 16.8 Å². The van der Waals surface area contributed by atoms with Gasteiger partial charge in [0.15, 0.2) is 0 Å². The average Bonchev–Trinajstić information content (AvgIpc) is 3.19. The van der Waals surface area contributed by atoms with Crippen molar-refractivity contribution in [3.05, 3.63) is 102 Å². The van der Waals surface area contributed by atoms with E-state index in [-0.39, 0.29) is 12.5 Å². The number of aromatic nitrogens is 2. The molecule has 150 valence electrons. The Kier molecular flexibility index (Phi) is 5.57. The Labute approximate surface area is 174 Å². The highest BCUT2D eigenvalue weighted by atomic mass is 16.5. The number of carbonyl (C=O) groups excluding carboxylic acids is 2. The average molecular weight is 399 g/mol. The second-order valence-corrected chi connectivity index (χ2v) is 6.77. The molecule has 4 rings (SSSR count). The monoisotopic (exact) mass is 399 g/mol. The first kappa shape index (κ1) is 19.4. The number of rotatable bonds is 6. The van der Waals surface area contributed by atoms with Crippen LogP contribution in [0.15, 0.2) is 85.2 Å². The van der Waals surface area contributed by atoms with Crippen LogP contribution in [0.25, 0.3) is 5.52 Å². The standard InChI is InChI=1S/C24H21N3O3/c1-2-30-24(29)20-16-25-27-14-13-19(15-21(20)27)26-23(28)22(17-9-5-3-6-10-17)18-11-7-4-8-12-18/h3-16,22H,2H2,1H3,(H,26,28). The number of ether oxygens (including phenoxy) is 1. The molecule has 1 N–H and O–H groups in total. The molecule has 4 aromatic rings. The van der Waals surface area contributed by atoms with Crippen LogP contribution < -0.4 is 5.32 Å². The highest BCUT2D eigenvalue weighted by Gasteiger charge is 2.23. The molecule has 0 fully saturated rings. The minimum atomic E-state index is -0.460. The molecule has 0 unspecified atom stereocenters. The highest BCUT2D eigenvalue weighted by Crippen LogP contribution is 2.27. The SMILES string of the molecule is CCOC(=O)c1cnn2ccc(NC(=O)C(c3ccccc3)c3ccccc3)cc12. The molecular weight excluding hydrogens is 378 g/mol. The Balaban J connectivity index is 1.66. The molecule has 0 bridgehead atoms. The summed E-state index contributed by atoms with van der Waals surface area (Å²) in [5.41, 5.74) is 3.31. The van der Waals surface area contributed by atoms with Gasteiger partial charge in [0.25, 0.3) is 0 Å². The maximum absolute atomic E-state index is 13.3. The van der Waals surface area contributed by atoms with E-state index in [4.69, 9.17) is 4.74 Å². The van der Waals surface area contributed by atoms with Crippen molar-refractivity contribution in [2.24, 2.45) is 0 Å². The molecule has 0 saturated carbocycles. The van der Waals surface area contributed by atoms with Crippen LogP contribution in [0, 0.1) is 0 Å². The minimum Gasteiger partial charge on any atom is -0.462 e. The van der Waals surface area contributed by atoms with Gasteiger partial charge in [0, 0.05) is 11.9 Å². The van der Waals surface area contributed by atoms with Crippen LogP contribution in [0.3, 0.4) is 0 Å². The first-order valence-electron chi connectivity index (χ1n) is 9.72. The van der Waals surface area contributed by atoms with Gasteiger partial charge in [-0.1, -0.05) is 60.7 Å². The molecule has 0 saturated heterocycles. The summed E-state index contributed by atoms with van der Waals surface area (Å²) in [5, 5.41) is 7.16. The molecule has 2 heterocycles. The van der Waals surface area contributed by atoms with E-state index in [1.807, 2.05) is 60.7 Å². The fraction of sp³-hybridized carbons (Fsp3) is 0.125. The molecule has 0 atom stereocenters. The largest absolute Gasteiger partial charge is 0.462 e. The van der Waals surface area contributed by atoms with Crippen LogP contribution in [0.5, 0.6) is 0 Å². The summed E-state index contributed by atoms with van der Waals surface area (Å²) < 4.78 is 6.67. The number of nitrogens with one attached hydrogen (secondary N) is 1. The van der Waals surface area contributed by atoms with Gasteiger partial charge in [0.2, 0.25) is 5.91 Å². The lowest BCUT2D eigenvalue weighted by Crippen LogP contribution is -2.22. The Morgan fingerprint density at radius 1 is 1.00 bits per heavy atom. The van der Waals surface area contributed by atoms with Gasteiger partial charge < -0.3 is 10.1 Å². The molecule has 0 radical (unpaired) electrons. The lowest BCUT2D eigenvalue weighted by atomic mass is 9.90. The van der Waals surface area contributed by atoms with Crippen molar-refractivity contribution < 1.29 is 14.3 Å². The van der Waals surface area contributed by atoms with E-state index in [9.17, 15) is 9.59 Å². The number of carbonyl (C=O) groups is 2. The zero-order valence-corrected chi connectivity index (χ0v) is 16.5. The van der Waals surface area contributed by atoms with Crippen molar-refractivity contribution in [3.63, 3.8) is 0 Å². The summed E-state index contributed by atoms with van der Waals surface area (Å²) >= 11 is 0. The summed E-state index contributed by atoms with van der Waals surface area (Å²) in [7, 11) is 0. The first-order chi connectivity index (χ1) is 14.7. The summed E-state index contributed by atoms with van der Waals surface area (Å²) in [6.45, 7) is 2.03. The number of benzene rings is 2. The number of esters is 1. The fourth-order valence-corrected chi connectivity index (χ4v) is 3.43. The van der Waals surface area contributed by atoms with Gasteiger partial charge in [-0.05, 0) is 30.2 Å². The fourth-order valence-electron chi connectivity index (χ4n) is 3.43. The van der Waals surface area contributed by atoms with E-state index in [2.05, 4.69) is 10.4 Å². The smallest absolute Gasteiger partial charge is 0.341 e. The maximum atomic E-state index is 13.3. The molecule has 0 aliphatic rings.